The summed E-state index contributed by atoms with van der Waals surface area (Å²) in [5.74, 6) is 1.81. The lowest BCUT2D eigenvalue weighted by Gasteiger charge is -2.06. The van der Waals surface area contributed by atoms with Crippen LogP contribution in [0.25, 0.3) is 0 Å². The monoisotopic (exact) mass is 293 g/mol. The summed E-state index contributed by atoms with van der Waals surface area (Å²) in [4.78, 5) is 8.56. The molecule has 2 rings (SSSR count). The van der Waals surface area contributed by atoms with Gasteiger partial charge in [-0.1, -0.05) is 18.5 Å². The van der Waals surface area contributed by atoms with E-state index in [2.05, 4.69) is 28.3 Å². The van der Waals surface area contributed by atoms with E-state index in [1.54, 1.807) is 18.0 Å². The normalized spacial score (nSPS) is 10.4. The summed E-state index contributed by atoms with van der Waals surface area (Å²) in [7, 11) is 0. The van der Waals surface area contributed by atoms with Gasteiger partial charge in [-0.05, 0) is 36.2 Å². The zero-order valence-corrected chi connectivity index (χ0v) is 12.3. The predicted molar refractivity (Wildman–Crippen MR) is 81.8 cm³/mol. The van der Waals surface area contributed by atoms with Gasteiger partial charge in [0.15, 0.2) is 0 Å². The molecule has 3 nitrogen and oxygen atoms in total. The van der Waals surface area contributed by atoms with Gasteiger partial charge < -0.3 is 5.32 Å². The first-order valence-corrected chi connectivity index (χ1v) is 7.57. The molecular formula is C14H16ClN3S. The van der Waals surface area contributed by atoms with Gasteiger partial charge in [-0.15, -0.1) is 11.8 Å². The van der Waals surface area contributed by atoms with Gasteiger partial charge in [0, 0.05) is 24.7 Å². The van der Waals surface area contributed by atoms with Crippen LogP contribution in [0.5, 0.6) is 0 Å². The number of thioether (sulfide) groups is 1. The third kappa shape index (κ3) is 4.73. The van der Waals surface area contributed by atoms with E-state index in [0.29, 0.717) is 5.02 Å². The van der Waals surface area contributed by atoms with Gasteiger partial charge in [-0.25, -0.2) is 9.97 Å². The molecule has 100 valence electrons. The number of hydrogen-bond donors (Lipinski definition) is 1. The summed E-state index contributed by atoms with van der Waals surface area (Å²) >= 11 is 7.50. The molecule has 0 aliphatic carbocycles. The van der Waals surface area contributed by atoms with Gasteiger partial charge in [0.2, 0.25) is 0 Å². The highest BCUT2D eigenvalue weighted by Crippen LogP contribution is 2.22. The van der Waals surface area contributed by atoms with Crippen LogP contribution < -0.4 is 5.32 Å². The van der Waals surface area contributed by atoms with Crippen molar-refractivity contribution in [3.05, 3.63) is 47.2 Å². The Morgan fingerprint density at radius 2 is 2.16 bits per heavy atom. The van der Waals surface area contributed by atoms with Crippen molar-refractivity contribution in [2.24, 2.45) is 0 Å². The molecule has 19 heavy (non-hydrogen) atoms. The number of anilines is 1. The van der Waals surface area contributed by atoms with E-state index in [0.717, 1.165) is 29.6 Å². The van der Waals surface area contributed by atoms with Crippen LogP contribution >= 0.6 is 23.4 Å². The molecule has 0 fully saturated rings. The molecule has 0 atom stereocenters. The Kier molecular flexibility index (Phi) is 5.48. The zero-order chi connectivity index (χ0) is 13.5. The first kappa shape index (κ1) is 14.2. The van der Waals surface area contributed by atoms with E-state index in [-0.39, 0.29) is 0 Å². The lowest BCUT2D eigenvalue weighted by atomic mass is 10.3. The van der Waals surface area contributed by atoms with Crippen molar-refractivity contribution in [3.8, 4) is 0 Å². The van der Waals surface area contributed by atoms with Gasteiger partial charge in [0.1, 0.15) is 5.82 Å². The van der Waals surface area contributed by atoms with Gasteiger partial charge in [-0.3, -0.25) is 0 Å². The van der Waals surface area contributed by atoms with E-state index >= 15 is 0 Å². The van der Waals surface area contributed by atoms with Crippen molar-refractivity contribution < 1.29 is 0 Å². The quantitative estimate of drug-likeness (QED) is 0.808. The van der Waals surface area contributed by atoms with Gasteiger partial charge in [0.05, 0.1) is 10.0 Å². The minimum absolute atomic E-state index is 0.666. The van der Waals surface area contributed by atoms with Crippen LogP contribution in [0, 0.1) is 0 Å². The lowest BCUT2D eigenvalue weighted by molar-refractivity contribution is 0.968. The molecule has 0 unspecified atom stereocenters. The fourth-order valence-corrected chi connectivity index (χ4v) is 2.42. The molecule has 0 saturated carbocycles. The summed E-state index contributed by atoms with van der Waals surface area (Å²) < 4.78 is 0. The van der Waals surface area contributed by atoms with E-state index in [4.69, 9.17) is 11.6 Å². The minimum Gasteiger partial charge on any atom is -0.370 e. The van der Waals surface area contributed by atoms with Crippen LogP contribution in [0.3, 0.4) is 0 Å². The Balaban J connectivity index is 1.93. The molecule has 0 amide bonds. The SMILES string of the molecule is CCCNc1cc(CSc2ccc(Cl)cn2)ccn1. The molecule has 0 bridgehead atoms. The first-order chi connectivity index (χ1) is 9.28. The summed E-state index contributed by atoms with van der Waals surface area (Å²) in [5, 5.41) is 4.93. The van der Waals surface area contributed by atoms with E-state index in [1.807, 2.05) is 24.4 Å². The molecule has 0 aliphatic heterocycles. The fraction of sp³-hybridized carbons (Fsp3) is 0.286. The summed E-state index contributed by atoms with van der Waals surface area (Å²) in [5.41, 5.74) is 1.23. The molecule has 0 radical (unpaired) electrons. The van der Waals surface area contributed by atoms with E-state index in [9.17, 15) is 0 Å². The van der Waals surface area contributed by atoms with Gasteiger partial charge in [0.25, 0.3) is 0 Å². The zero-order valence-electron chi connectivity index (χ0n) is 10.8. The largest absolute Gasteiger partial charge is 0.370 e. The highest BCUT2D eigenvalue weighted by molar-refractivity contribution is 7.98. The number of rotatable bonds is 6. The second-order valence-electron chi connectivity index (χ2n) is 4.08. The van der Waals surface area contributed by atoms with Crippen molar-refractivity contribution in [2.45, 2.75) is 24.1 Å². The van der Waals surface area contributed by atoms with Gasteiger partial charge >= 0.3 is 0 Å². The number of nitrogens with zero attached hydrogens (tertiary/aromatic N) is 2. The van der Waals surface area contributed by atoms with Crippen LogP contribution in [0.1, 0.15) is 18.9 Å². The van der Waals surface area contributed by atoms with Crippen molar-refractivity contribution in [3.63, 3.8) is 0 Å². The molecule has 2 aromatic heterocycles. The second kappa shape index (κ2) is 7.36. The highest BCUT2D eigenvalue weighted by Gasteiger charge is 2.00. The standard InChI is InChI=1S/C14H16ClN3S/c1-2-6-16-13-8-11(5-7-17-13)10-19-14-4-3-12(15)9-18-14/h3-5,7-9H,2,6,10H2,1H3,(H,16,17). The Hall–Kier alpha value is -1.26. The summed E-state index contributed by atoms with van der Waals surface area (Å²) in [6.45, 7) is 3.08. The van der Waals surface area contributed by atoms with Crippen LogP contribution in [-0.2, 0) is 5.75 Å². The molecule has 0 saturated heterocycles. The average molecular weight is 294 g/mol. The molecular weight excluding hydrogens is 278 g/mol. The molecule has 2 heterocycles. The van der Waals surface area contributed by atoms with Crippen LogP contribution in [0.2, 0.25) is 5.02 Å². The Bertz CT molecular complexity index is 516. The molecule has 0 aromatic carbocycles. The summed E-state index contributed by atoms with van der Waals surface area (Å²) in [6, 6.07) is 7.90. The predicted octanol–water partition coefficient (Wildman–Crippen LogP) is 4.24. The number of pyridine rings is 2. The molecule has 0 spiro atoms. The van der Waals surface area contributed by atoms with Crippen LogP contribution in [0.15, 0.2) is 41.7 Å². The number of aromatic nitrogens is 2. The Morgan fingerprint density at radius 3 is 2.89 bits per heavy atom. The minimum atomic E-state index is 0.666. The summed E-state index contributed by atoms with van der Waals surface area (Å²) in [6.07, 6.45) is 4.60. The highest BCUT2D eigenvalue weighted by atomic mass is 35.5. The Labute approximate surface area is 122 Å². The molecule has 1 N–H and O–H groups in total. The average Bonchev–Trinajstić information content (AvgIpc) is 2.45. The number of nitrogens with one attached hydrogen (secondary N) is 1. The van der Waals surface area contributed by atoms with Crippen LogP contribution in [0.4, 0.5) is 5.82 Å². The van der Waals surface area contributed by atoms with Crippen molar-refractivity contribution in [1.82, 2.24) is 9.97 Å². The maximum Gasteiger partial charge on any atom is 0.126 e. The van der Waals surface area contributed by atoms with E-state index < -0.39 is 0 Å². The first-order valence-electron chi connectivity index (χ1n) is 6.21. The smallest absolute Gasteiger partial charge is 0.126 e. The maximum atomic E-state index is 5.81. The fourth-order valence-electron chi connectivity index (χ4n) is 1.52. The third-order valence-corrected chi connectivity index (χ3v) is 3.71. The number of halogens is 1. The number of hydrogen-bond acceptors (Lipinski definition) is 4. The topological polar surface area (TPSA) is 37.8 Å². The van der Waals surface area contributed by atoms with E-state index in [1.165, 1.54) is 5.56 Å². The molecule has 2 aromatic rings. The lowest BCUT2D eigenvalue weighted by Crippen LogP contribution is -2.01. The Morgan fingerprint density at radius 1 is 1.26 bits per heavy atom. The van der Waals surface area contributed by atoms with Crippen LogP contribution in [-0.4, -0.2) is 16.5 Å². The van der Waals surface area contributed by atoms with Crippen molar-refractivity contribution in [2.75, 3.05) is 11.9 Å². The molecule has 0 aliphatic rings. The molecule has 5 heteroatoms. The third-order valence-electron chi connectivity index (χ3n) is 2.47. The maximum absolute atomic E-state index is 5.81. The van der Waals surface area contributed by atoms with Crippen molar-refractivity contribution in [1.29, 1.82) is 0 Å². The van der Waals surface area contributed by atoms with Crippen molar-refractivity contribution >= 4 is 29.2 Å². The second-order valence-corrected chi connectivity index (χ2v) is 5.51. The van der Waals surface area contributed by atoms with Gasteiger partial charge in [-0.2, -0.15) is 0 Å².